The predicted octanol–water partition coefficient (Wildman–Crippen LogP) is 2.37. The molecule has 100 valence electrons. The van der Waals surface area contributed by atoms with Crippen molar-refractivity contribution < 1.29 is 4.39 Å². The Morgan fingerprint density at radius 1 is 1.21 bits per heavy atom. The van der Waals surface area contributed by atoms with E-state index >= 15 is 0 Å². The number of hydrogen-bond donors (Lipinski definition) is 0. The van der Waals surface area contributed by atoms with Gasteiger partial charge in [-0.15, -0.1) is 0 Å². The van der Waals surface area contributed by atoms with Gasteiger partial charge in [0.05, 0.1) is 11.3 Å². The molecule has 0 amide bonds. The quantitative estimate of drug-likeness (QED) is 0.775. The summed E-state index contributed by atoms with van der Waals surface area (Å²) >= 11 is 0. The van der Waals surface area contributed by atoms with Gasteiger partial charge in [0, 0.05) is 25.7 Å². The highest BCUT2D eigenvalue weighted by molar-refractivity contribution is 5.59. The van der Waals surface area contributed by atoms with Crippen LogP contribution in [0.3, 0.4) is 0 Å². The molecular weight excluding hydrogens is 241 g/mol. The highest BCUT2D eigenvalue weighted by Crippen LogP contribution is 2.27. The van der Waals surface area contributed by atoms with Crippen LogP contribution in [0, 0.1) is 17.1 Å². The first-order chi connectivity index (χ1) is 9.28. The van der Waals surface area contributed by atoms with Crippen molar-refractivity contribution >= 4 is 5.69 Å². The minimum atomic E-state index is -0.336. The molecule has 1 aromatic carbocycles. The summed E-state index contributed by atoms with van der Waals surface area (Å²) in [6.45, 7) is 4.25. The van der Waals surface area contributed by atoms with Crippen molar-refractivity contribution in [2.24, 2.45) is 0 Å². The van der Waals surface area contributed by atoms with Gasteiger partial charge < -0.3 is 4.90 Å². The van der Waals surface area contributed by atoms with Crippen molar-refractivity contribution in [2.75, 3.05) is 31.1 Å². The molecule has 1 unspecified atom stereocenters. The Bertz CT molecular complexity index is 509. The molecule has 0 radical (unpaired) electrons. The second-order valence-electron chi connectivity index (χ2n) is 5.40. The molecule has 19 heavy (non-hydrogen) atoms. The first-order valence-electron chi connectivity index (χ1n) is 6.96. The third-order valence-corrected chi connectivity index (χ3v) is 4.22. The van der Waals surface area contributed by atoms with Gasteiger partial charge in [-0.3, -0.25) is 4.90 Å². The van der Waals surface area contributed by atoms with Gasteiger partial charge in [0.1, 0.15) is 11.9 Å². The number of nitriles is 1. The van der Waals surface area contributed by atoms with Gasteiger partial charge in [-0.2, -0.15) is 5.26 Å². The van der Waals surface area contributed by atoms with Crippen LogP contribution in [-0.4, -0.2) is 37.1 Å². The molecule has 0 aliphatic carbocycles. The van der Waals surface area contributed by atoms with Crippen LogP contribution in [-0.2, 0) is 0 Å². The molecule has 4 heteroatoms. The minimum Gasteiger partial charge on any atom is -0.369 e. The van der Waals surface area contributed by atoms with Crippen molar-refractivity contribution in [1.82, 2.24) is 4.90 Å². The van der Waals surface area contributed by atoms with Crippen molar-refractivity contribution in [3.05, 3.63) is 29.6 Å². The third kappa shape index (κ3) is 2.43. The molecule has 2 aliphatic rings. The summed E-state index contributed by atoms with van der Waals surface area (Å²) in [7, 11) is 0. The van der Waals surface area contributed by atoms with Gasteiger partial charge in [-0.1, -0.05) is 0 Å². The zero-order valence-electron chi connectivity index (χ0n) is 11.0. The second-order valence-corrected chi connectivity index (χ2v) is 5.40. The average Bonchev–Trinajstić information content (AvgIpc) is 2.76. The molecule has 1 atom stereocenters. The summed E-state index contributed by atoms with van der Waals surface area (Å²) in [5.41, 5.74) is 1.34. The lowest BCUT2D eigenvalue weighted by molar-refractivity contribution is 0.273. The van der Waals surface area contributed by atoms with Crippen LogP contribution >= 0.6 is 0 Å². The molecule has 2 aliphatic heterocycles. The van der Waals surface area contributed by atoms with Crippen molar-refractivity contribution in [1.29, 1.82) is 5.26 Å². The third-order valence-electron chi connectivity index (χ3n) is 4.22. The zero-order chi connectivity index (χ0) is 13.2. The fraction of sp³-hybridized carbons (Fsp3) is 0.533. The number of halogens is 1. The van der Waals surface area contributed by atoms with E-state index in [9.17, 15) is 9.65 Å². The molecule has 0 bridgehead atoms. The molecule has 0 spiro atoms. The Balaban J connectivity index is 1.87. The van der Waals surface area contributed by atoms with E-state index in [0.717, 1.165) is 31.7 Å². The van der Waals surface area contributed by atoms with E-state index in [-0.39, 0.29) is 5.82 Å². The van der Waals surface area contributed by atoms with Gasteiger partial charge in [-0.25, -0.2) is 4.39 Å². The maximum Gasteiger partial charge on any atom is 0.124 e. The fourth-order valence-electron chi connectivity index (χ4n) is 3.30. The Morgan fingerprint density at radius 3 is 2.89 bits per heavy atom. The molecule has 0 saturated carbocycles. The van der Waals surface area contributed by atoms with Crippen LogP contribution in [0.25, 0.3) is 0 Å². The summed E-state index contributed by atoms with van der Waals surface area (Å²) in [5.74, 6) is -0.336. The second kappa shape index (κ2) is 5.18. The summed E-state index contributed by atoms with van der Waals surface area (Å²) in [4.78, 5) is 4.81. The molecule has 3 nitrogen and oxygen atoms in total. The maximum atomic E-state index is 13.2. The van der Waals surface area contributed by atoms with Crippen LogP contribution in [0.15, 0.2) is 18.2 Å². The minimum absolute atomic E-state index is 0.336. The van der Waals surface area contributed by atoms with Crippen molar-refractivity contribution in [2.45, 2.75) is 25.3 Å². The Morgan fingerprint density at radius 2 is 2.05 bits per heavy atom. The van der Waals surface area contributed by atoms with Gasteiger partial charge in [0.15, 0.2) is 0 Å². The molecule has 2 heterocycles. The largest absolute Gasteiger partial charge is 0.369 e. The van der Waals surface area contributed by atoms with Crippen LogP contribution < -0.4 is 4.90 Å². The van der Waals surface area contributed by atoms with Crippen molar-refractivity contribution in [3.8, 4) is 6.07 Å². The van der Waals surface area contributed by atoms with Crippen LogP contribution in [0.1, 0.15) is 24.8 Å². The smallest absolute Gasteiger partial charge is 0.124 e. The lowest BCUT2D eigenvalue weighted by Gasteiger charge is -2.27. The summed E-state index contributed by atoms with van der Waals surface area (Å²) in [6.07, 6.45) is 3.62. The van der Waals surface area contributed by atoms with Crippen LogP contribution in [0.4, 0.5) is 10.1 Å². The van der Waals surface area contributed by atoms with Crippen LogP contribution in [0.2, 0.25) is 0 Å². The van der Waals surface area contributed by atoms with E-state index in [1.165, 1.54) is 31.5 Å². The zero-order valence-corrected chi connectivity index (χ0v) is 11.0. The standard InChI is InChI=1S/C15H18FN3/c16-13-4-5-15(12(9-13)10-17)19-8-2-7-18-6-1-3-14(18)11-19/h4-5,9,14H,1-3,6-8,11H2. The predicted molar refractivity (Wildman–Crippen MR) is 72.5 cm³/mol. The SMILES string of the molecule is N#Cc1cc(F)ccc1N1CCCN2CCCC2C1. The Kier molecular flexibility index (Phi) is 3.39. The number of nitrogens with zero attached hydrogens (tertiary/aromatic N) is 3. The van der Waals surface area contributed by atoms with E-state index in [1.807, 2.05) is 0 Å². The molecule has 2 saturated heterocycles. The van der Waals surface area contributed by atoms with Gasteiger partial charge >= 0.3 is 0 Å². The topological polar surface area (TPSA) is 30.3 Å². The molecule has 3 rings (SSSR count). The summed E-state index contributed by atoms with van der Waals surface area (Å²) in [6, 6.07) is 7.26. The maximum absolute atomic E-state index is 13.2. The van der Waals surface area contributed by atoms with Gasteiger partial charge in [0.25, 0.3) is 0 Å². The number of rotatable bonds is 1. The van der Waals surface area contributed by atoms with Crippen molar-refractivity contribution in [3.63, 3.8) is 0 Å². The lowest BCUT2D eigenvalue weighted by atomic mass is 10.1. The van der Waals surface area contributed by atoms with Gasteiger partial charge in [-0.05, 0) is 44.0 Å². The molecule has 1 aromatic rings. The highest BCUT2D eigenvalue weighted by Gasteiger charge is 2.29. The fourth-order valence-corrected chi connectivity index (χ4v) is 3.30. The van der Waals surface area contributed by atoms with Gasteiger partial charge in [0.2, 0.25) is 0 Å². The Hall–Kier alpha value is -1.60. The average molecular weight is 259 g/mol. The molecule has 0 aromatic heterocycles. The van der Waals surface area contributed by atoms with E-state index in [1.54, 1.807) is 6.07 Å². The van der Waals surface area contributed by atoms with E-state index in [2.05, 4.69) is 15.9 Å². The normalized spacial score (nSPS) is 23.8. The highest BCUT2D eigenvalue weighted by atomic mass is 19.1. The number of hydrogen-bond acceptors (Lipinski definition) is 3. The molecule has 2 fully saturated rings. The first kappa shape index (κ1) is 12.4. The molecular formula is C15H18FN3. The monoisotopic (exact) mass is 259 g/mol. The first-order valence-corrected chi connectivity index (χ1v) is 6.96. The van der Waals surface area contributed by atoms with E-state index < -0.39 is 0 Å². The van der Waals surface area contributed by atoms with E-state index in [0.29, 0.717) is 11.6 Å². The lowest BCUT2D eigenvalue weighted by Crippen LogP contribution is -2.36. The number of fused-ring (bicyclic) bond motifs is 1. The van der Waals surface area contributed by atoms with E-state index in [4.69, 9.17) is 0 Å². The Labute approximate surface area is 113 Å². The number of benzene rings is 1. The van der Waals surface area contributed by atoms with Crippen LogP contribution in [0.5, 0.6) is 0 Å². The number of anilines is 1. The summed E-state index contributed by atoms with van der Waals surface area (Å²) in [5, 5.41) is 9.18. The summed E-state index contributed by atoms with van der Waals surface area (Å²) < 4.78 is 13.2. The molecule has 0 N–H and O–H groups in total.